The van der Waals surface area contributed by atoms with Crippen LogP contribution < -0.4 is 5.32 Å². The van der Waals surface area contributed by atoms with Crippen LogP contribution in [0.25, 0.3) is 0 Å². The van der Waals surface area contributed by atoms with Crippen molar-refractivity contribution in [1.82, 2.24) is 5.32 Å². The molecule has 0 radical (unpaired) electrons. The second kappa shape index (κ2) is 7.06. The molecule has 1 fully saturated rings. The number of benzene rings is 1. The van der Waals surface area contributed by atoms with Crippen LogP contribution >= 0.6 is 0 Å². The van der Waals surface area contributed by atoms with Crippen LogP contribution in [0.4, 0.5) is 0 Å². The highest BCUT2D eigenvalue weighted by Gasteiger charge is 2.22. The smallest absolute Gasteiger partial charge is 0.0580 e. The van der Waals surface area contributed by atoms with Crippen LogP contribution in [0.5, 0.6) is 0 Å². The van der Waals surface area contributed by atoms with E-state index in [1.54, 1.807) is 0 Å². The topological polar surface area (TPSA) is 32.3 Å². The molecule has 1 aliphatic carbocycles. The molecular formula is C17H27NO. The van der Waals surface area contributed by atoms with E-state index in [-0.39, 0.29) is 6.10 Å². The SMILES string of the molecule is CC(C)c1ccc(CNCC2CCCCC2O)cc1. The highest BCUT2D eigenvalue weighted by molar-refractivity contribution is 5.24. The Morgan fingerprint density at radius 1 is 1.16 bits per heavy atom. The molecule has 0 aliphatic heterocycles. The standard InChI is InChI=1S/C17H27NO/c1-13(2)15-9-7-14(8-10-15)11-18-12-16-5-3-4-6-17(16)19/h7-10,13,16-19H,3-6,11-12H2,1-2H3. The molecule has 0 saturated heterocycles. The van der Waals surface area contributed by atoms with Gasteiger partial charge in [0.15, 0.2) is 0 Å². The number of aliphatic hydroxyl groups is 1. The number of nitrogens with one attached hydrogen (secondary N) is 1. The van der Waals surface area contributed by atoms with Crippen molar-refractivity contribution in [2.45, 2.75) is 58.1 Å². The maximum Gasteiger partial charge on any atom is 0.0580 e. The van der Waals surface area contributed by atoms with Gasteiger partial charge < -0.3 is 10.4 Å². The lowest BCUT2D eigenvalue weighted by Gasteiger charge is -2.27. The maximum absolute atomic E-state index is 9.92. The summed E-state index contributed by atoms with van der Waals surface area (Å²) in [5, 5.41) is 13.4. The lowest BCUT2D eigenvalue weighted by Crippen LogP contribution is -2.33. The zero-order valence-corrected chi connectivity index (χ0v) is 12.2. The van der Waals surface area contributed by atoms with Gasteiger partial charge in [-0.1, -0.05) is 51.0 Å². The quantitative estimate of drug-likeness (QED) is 0.851. The van der Waals surface area contributed by atoms with E-state index in [9.17, 15) is 5.11 Å². The first-order chi connectivity index (χ1) is 9.16. The van der Waals surface area contributed by atoms with Crippen molar-refractivity contribution < 1.29 is 5.11 Å². The van der Waals surface area contributed by atoms with Crippen LogP contribution in [0.1, 0.15) is 56.6 Å². The molecule has 2 rings (SSSR count). The van der Waals surface area contributed by atoms with E-state index >= 15 is 0 Å². The van der Waals surface area contributed by atoms with Crippen molar-refractivity contribution in [1.29, 1.82) is 0 Å². The maximum atomic E-state index is 9.92. The summed E-state index contributed by atoms with van der Waals surface area (Å²) in [6.45, 7) is 6.28. The minimum Gasteiger partial charge on any atom is -0.393 e. The number of aliphatic hydroxyl groups excluding tert-OH is 1. The molecule has 2 atom stereocenters. The van der Waals surface area contributed by atoms with Crippen LogP contribution in [-0.4, -0.2) is 17.8 Å². The molecule has 19 heavy (non-hydrogen) atoms. The van der Waals surface area contributed by atoms with E-state index in [0.717, 1.165) is 19.5 Å². The molecule has 2 unspecified atom stereocenters. The predicted molar refractivity (Wildman–Crippen MR) is 80.2 cm³/mol. The van der Waals surface area contributed by atoms with Gasteiger partial charge in [0, 0.05) is 13.1 Å². The molecule has 0 bridgehead atoms. The van der Waals surface area contributed by atoms with Crippen LogP contribution in [0.2, 0.25) is 0 Å². The Bertz CT molecular complexity index is 371. The summed E-state index contributed by atoms with van der Waals surface area (Å²) in [5.41, 5.74) is 2.72. The summed E-state index contributed by atoms with van der Waals surface area (Å²) in [7, 11) is 0. The lowest BCUT2D eigenvalue weighted by molar-refractivity contribution is 0.0695. The normalized spacial score (nSPS) is 23.8. The highest BCUT2D eigenvalue weighted by Crippen LogP contribution is 2.23. The van der Waals surface area contributed by atoms with Crippen molar-refractivity contribution in [2.75, 3.05) is 6.54 Å². The van der Waals surface area contributed by atoms with Gasteiger partial charge in [-0.05, 0) is 35.8 Å². The molecule has 1 aliphatic rings. The molecule has 0 amide bonds. The number of hydrogen-bond donors (Lipinski definition) is 2. The third-order valence-corrected chi connectivity index (χ3v) is 4.25. The number of hydrogen-bond acceptors (Lipinski definition) is 2. The van der Waals surface area contributed by atoms with E-state index in [4.69, 9.17) is 0 Å². The van der Waals surface area contributed by atoms with Gasteiger partial charge in [-0.2, -0.15) is 0 Å². The van der Waals surface area contributed by atoms with Gasteiger partial charge in [0.25, 0.3) is 0 Å². The van der Waals surface area contributed by atoms with Gasteiger partial charge in [0.1, 0.15) is 0 Å². The summed E-state index contributed by atoms with van der Waals surface area (Å²) in [4.78, 5) is 0. The Kier molecular flexibility index (Phi) is 5.41. The van der Waals surface area contributed by atoms with Gasteiger partial charge in [0.2, 0.25) is 0 Å². The first-order valence-electron chi connectivity index (χ1n) is 7.64. The Morgan fingerprint density at radius 2 is 1.84 bits per heavy atom. The molecule has 1 saturated carbocycles. The minimum absolute atomic E-state index is 0.0930. The van der Waals surface area contributed by atoms with E-state index in [1.165, 1.54) is 30.4 Å². The van der Waals surface area contributed by atoms with Crippen molar-refractivity contribution in [3.8, 4) is 0 Å². The second-order valence-corrected chi connectivity index (χ2v) is 6.14. The second-order valence-electron chi connectivity index (χ2n) is 6.14. The van der Waals surface area contributed by atoms with Crippen LogP contribution in [0.15, 0.2) is 24.3 Å². The first-order valence-corrected chi connectivity index (χ1v) is 7.64. The molecule has 1 aromatic rings. The average Bonchev–Trinajstić information content (AvgIpc) is 2.41. The van der Waals surface area contributed by atoms with Gasteiger partial charge in [-0.3, -0.25) is 0 Å². The van der Waals surface area contributed by atoms with Gasteiger partial charge in [0.05, 0.1) is 6.10 Å². The summed E-state index contributed by atoms with van der Waals surface area (Å²) < 4.78 is 0. The Balaban J connectivity index is 1.75. The fourth-order valence-electron chi connectivity index (χ4n) is 2.85. The van der Waals surface area contributed by atoms with E-state index < -0.39 is 0 Å². The largest absolute Gasteiger partial charge is 0.393 e. The minimum atomic E-state index is -0.0930. The van der Waals surface area contributed by atoms with E-state index in [2.05, 4.69) is 43.4 Å². The third kappa shape index (κ3) is 4.32. The molecular weight excluding hydrogens is 234 g/mol. The zero-order valence-electron chi connectivity index (χ0n) is 12.2. The average molecular weight is 261 g/mol. The van der Waals surface area contributed by atoms with Crippen LogP contribution in [0.3, 0.4) is 0 Å². The fraction of sp³-hybridized carbons (Fsp3) is 0.647. The number of rotatable bonds is 5. The summed E-state index contributed by atoms with van der Waals surface area (Å²) in [5.74, 6) is 1.04. The van der Waals surface area contributed by atoms with Gasteiger partial charge in [-0.25, -0.2) is 0 Å². The molecule has 106 valence electrons. The zero-order chi connectivity index (χ0) is 13.7. The van der Waals surface area contributed by atoms with Crippen molar-refractivity contribution in [3.05, 3.63) is 35.4 Å². The monoisotopic (exact) mass is 261 g/mol. The lowest BCUT2D eigenvalue weighted by atomic mass is 9.86. The highest BCUT2D eigenvalue weighted by atomic mass is 16.3. The van der Waals surface area contributed by atoms with Crippen LogP contribution in [0, 0.1) is 5.92 Å². The molecule has 2 heteroatoms. The summed E-state index contributed by atoms with van der Waals surface area (Å²) in [6, 6.07) is 8.85. The van der Waals surface area contributed by atoms with Crippen molar-refractivity contribution in [2.24, 2.45) is 5.92 Å². The van der Waals surface area contributed by atoms with E-state index in [0.29, 0.717) is 11.8 Å². The van der Waals surface area contributed by atoms with Gasteiger partial charge >= 0.3 is 0 Å². The Hall–Kier alpha value is -0.860. The third-order valence-electron chi connectivity index (χ3n) is 4.25. The molecule has 2 nitrogen and oxygen atoms in total. The molecule has 2 N–H and O–H groups in total. The van der Waals surface area contributed by atoms with Crippen molar-refractivity contribution >= 4 is 0 Å². The van der Waals surface area contributed by atoms with Crippen LogP contribution in [-0.2, 0) is 6.54 Å². The Labute approximate surface area is 117 Å². The first kappa shape index (κ1) is 14.5. The Morgan fingerprint density at radius 3 is 2.47 bits per heavy atom. The summed E-state index contributed by atoms with van der Waals surface area (Å²) in [6.07, 6.45) is 4.51. The summed E-state index contributed by atoms with van der Waals surface area (Å²) >= 11 is 0. The molecule has 0 spiro atoms. The van der Waals surface area contributed by atoms with Crippen molar-refractivity contribution in [3.63, 3.8) is 0 Å². The molecule has 1 aromatic carbocycles. The molecule has 0 heterocycles. The fourth-order valence-corrected chi connectivity index (χ4v) is 2.85. The molecule has 0 aromatic heterocycles. The predicted octanol–water partition coefficient (Wildman–Crippen LogP) is 3.45. The van der Waals surface area contributed by atoms with E-state index in [1.807, 2.05) is 0 Å². The van der Waals surface area contributed by atoms with Gasteiger partial charge in [-0.15, -0.1) is 0 Å².